The van der Waals surface area contributed by atoms with E-state index in [-0.39, 0.29) is 0 Å². The highest BCUT2D eigenvalue weighted by Crippen LogP contribution is 2.19. The summed E-state index contributed by atoms with van der Waals surface area (Å²) in [5.41, 5.74) is 1.05. The predicted molar refractivity (Wildman–Crippen MR) is 46.6 cm³/mol. The van der Waals surface area contributed by atoms with Crippen LogP contribution >= 0.6 is 27.3 Å². The van der Waals surface area contributed by atoms with Gasteiger partial charge in [-0.05, 0) is 22.0 Å². The normalized spacial score (nSPS) is 10.6. The van der Waals surface area contributed by atoms with Crippen LogP contribution in [0.25, 0.3) is 0 Å². The molecule has 10 heavy (non-hydrogen) atoms. The third-order valence-electron chi connectivity index (χ3n) is 0.895. The van der Waals surface area contributed by atoms with E-state index >= 15 is 0 Å². The molecule has 0 aromatic carbocycles. The second kappa shape index (κ2) is 3.73. The molecular formula is C6H6BrNOS. The van der Waals surface area contributed by atoms with Crippen LogP contribution in [0.5, 0.6) is 0 Å². The van der Waals surface area contributed by atoms with E-state index in [2.05, 4.69) is 25.9 Å². The summed E-state index contributed by atoms with van der Waals surface area (Å²) in [6.07, 6.45) is 1.67. The molecule has 4 heteroatoms. The molecule has 0 amide bonds. The maximum Gasteiger partial charge on any atom is 0.106 e. The molecule has 0 saturated carbocycles. The van der Waals surface area contributed by atoms with Crippen molar-refractivity contribution in [2.45, 2.75) is 0 Å². The molecule has 0 aliphatic rings. The molecule has 0 bridgehead atoms. The fourth-order valence-corrected chi connectivity index (χ4v) is 1.63. The number of hydrogen-bond donors (Lipinski definition) is 0. The van der Waals surface area contributed by atoms with Gasteiger partial charge in [0.15, 0.2) is 0 Å². The lowest BCUT2D eigenvalue weighted by molar-refractivity contribution is 0.215. The van der Waals surface area contributed by atoms with Gasteiger partial charge in [-0.2, -0.15) is 0 Å². The Morgan fingerprint density at radius 1 is 1.80 bits per heavy atom. The molecule has 0 unspecified atom stereocenters. The fraction of sp³-hybridized carbons (Fsp3) is 0.167. The van der Waals surface area contributed by atoms with Crippen molar-refractivity contribution in [1.29, 1.82) is 0 Å². The van der Waals surface area contributed by atoms with Crippen LogP contribution in [0.15, 0.2) is 20.4 Å². The zero-order valence-electron chi connectivity index (χ0n) is 5.37. The Bertz CT molecular complexity index is 233. The van der Waals surface area contributed by atoms with E-state index in [1.165, 1.54) is 7.11 Å². The zero-order chi connectivity index (χ0) is 7.40. The van der Waals surface area contributed by atoms with E-state index in [1.807, 2.05) is 11.4 Å². The number of halogens is 1. The van der Waals surface area contributed by atoms with Gasteiger partial charge in [0.2, 0.25) is 0 Å². The molecule has 0 N–H and O–H groups in total. The smallest absolute Gasteiger partial charge is 0.106 e. The summed E-state index contributed by atoms with van der Waals surface area (Å²) in [5.74, 6) is 0. The molecule has 0 aliphatic heterocycles. The van der Waals surface area contributed by atoms with Gasteiger partial charge in [-0.25, -0.2) is 0 Å². The maximum atomic E-state index is 4.51. The molecule has 1 aromatic heterocycles. The van der Waals surface area contributed by atoms with Crippen LogP contribution in [0.4, 0.5) is 0 Å². The summed E-state index contributed by atoms with van der Waals surface area (Å²) < 4.78 is 1.10. The summed E-state index contributed by atoms with van der Waals surface area (Å²) in [7, 11) is 1.53. The van der Waals surface area contributed by atoms with E-state index in [0.29, 0.717) is 0 Å². The molecule has 0 spiro atoms. The minimum atomic E-state index is 1.05. The highest BCUT2D eigenvalue weighted by Gasteiger charge is 1.91. The first kappa shape index (κ1) is 7.75. The Hall–Kier alpha value is -0.350. The summed E-state index contributed by atoms with van der Waals surface area (Å²) in [5, 5.41) is 5.61. The minimum absolute atomic E-state index is 1.05. The third kappa shape index (κ3) is 2.11. The van der Waals surface area contributed by atoms with Crippen LogP contribution < -0.4 is 0 Å². The van der Waals surface area contributed by atoms with Crippen molar-refractivity contribution in [3.8, 4) is 0 Å². The van der Waals surface area contributed by atoms with Crippen molar-refractivity contribution in [1.82, 2.24) is 0 Å². The van der Waals surface area contributed by atoms with E-state index in [0.717, 1.165) is 9.35 Å². The zero-order valence-corrected chi connectivity index (χ0v) is 7.78. The quantitative estimate of drug-likeness (QED) is 0.554. The molecule has 0 radical (unpaired) electrons. The van der Waals surface area contributed by atoms with Crippen LogP contribution in [0.2, 0.25) is 0 Å². The van der Waals surface area contributed by atoms with E-state index in [9.17, 15) is 0 Å². The first-order valence-corrected chi connectivity index (χ1v) is 4.31. The molecule has 0 aliphatic carbocycles. The van der Waals surface area contributed by atoms with Crippen molar-refractivity contribution in [2.24, 2.45) is 5.16 Å². The number of rotatable bonds is 2. The van der Waals surface area contributed by atoms with Crippen molar-refractivity contribution in [3.63, 3.8) is 0 Å². The van der Waals surface area contributed by atoms with Crippen LogP contribution in [0.1, 0.15) is 5.56 Å². The minimum Gasteiger partial charge on any atom is -0.399 e. The first-order chi connectivity index (χ1) is 4.83. The van der Waals surface area contributed by atoms with Crippen LogP contribution in [0.3, 0.4) is 0 Å². The molecular weight excluding hydrogens is 214 g/mol. The highest BCUT2D eigenvalue weighted by molar-refractivity contribution is 9.11. The summed E-state index contributed by atoms with van der Waals surface area (Å²) in [6, 6.07) is 1.98. The van der Waals surface area contributed by atoms with Crippen molar-refractivity contribution >= 4 is 33.5 Å². The average Bonchev–Trinajstić information content (AvgIpc) is 2.31. The van der Waals surface area contributed by atoms with Gasteiger partial charge >= 0.3 is 0 Å². The van der Waals surface area contributed by atoms with E-state index in [4.69, 9.17) is 0 Å². The molecule has 1 rings (SSSR count). The van der Waals surface area contributed by atoms with Crippen molar-refractivity contribution in [2.75, 3.05) is 7.11 Å². The maximum absolute atomic E-state index is 4.51. The number of oxime groups is 1. The Labute approximate surface area is 71.6 Å². The molecule has 2 nitrogen and oxygen atoms in total. The van der Waals surface area contributed by atoms with E-state index in [1.54, 1.807) is 17.6 Å². The van der Waals surface area contributed by atoms with Gasteiger partial charge in [0.05, 0.1) is 10.0 Å². The lowest BCUT2D eigenvalue weighted by Crippen LogP contribution is -1.74. The molecule has 0 fully saturated rings. The van der Waals surface area contributed by atoms with Gasteiger partial charge in [0.25, 0.3) is 0 Å². The van der Waals surface area contributed by atoms with Crippen LogP contribution in [-0.2, 0) is 4.84 Å². The van der Waals surface area contributed by atoms with Crippen molar-refractivity contribution in [3.05, 3.63) is 20.8 Å². The largest absolute Gasteiger partial charge is 0.399 e. The van der Waals surface area contributed by atoms with Crippen LogP contribution in [-0.4, -0.2) is 13.3 Å². The lowest BCUT2D eigenvalue weighted by atomic mass is 10.4. The Morgan fingerprint density at radius 2 is 2.60 bits per heavy atom. The topological polar surface area (TPSA) is 21.6 Å². The summed E-state index contributed by atoms with van der Waals surface area (Å²) >= 11 is 4.96. The van der Waals surface area contributed by atoms with Gasteiger partial charge in [0, 0.05) is 10.9 Å². The molecule has 54 valence electrons. The van der Waals surface area contributed by atoms with Gasteiger partial charge < -0.3 is 4.84 Å². The summed E-state index contributed by atoms with van der Waals surface area (Å²) in [4.78, 5) is 4.51. The lowest BCUT2D eigenvalue weighted by Gasteiger charge is -1.82. The van der Waals surface area contributed by atoms with Gasteiger partial charge in [-0.1, -0.05) is 5.16 Å². The van der Waals surface area contributed by atoms with Gasteiger partial charge in [-0.15, -0.1) is 11.3 Å². The molecule has 0 atom stereocenters. The van der Waals surface area contributed by atoms with Gasteiger partial charge in [0.1, 0.15) is 7.11 Å². The Kier molecular flexibility index (Phi) is 2.89. The molecule has 1 heterocycles. The Balaban J connectivity index is 2.67. The summed E-state index contributed by atoms with van der Waals surface area (Å²) in [6.45, 7) is 0. The van der Waals surface area contributed by atoms with E-state index < -0.39 is 0 Å². The van der Waals surface area contributed by atoms with Crippen LogP contribution in [0, 0.1) is 0 Å². The number of hydrogen-bond acceptors (Lipinski definition) is 3. The molecule has 0 saturated heterocycles. The first-order valence-electron chi connectivity index (χ1n) is 2.63. The number of thiophene rings is 1. The predicted octanol–water partition coefficient (Wildman–Crippen LogP) is 2.49. The third-order valence-corrected chi connectivity index (χ3v) is 2.42. The average molecular weight is 220 g/mol. The highest BCUT2D eigenvalue weighted by atomic mass is 79.9. The second-order valence-electron chi connectivity index (χ2n) is 1.60. The van der Waals surface area contributed by atoms with Crippen molar-refractivity contribution < 1.29 is 4.84 Å². The fourth-order valence-electron chi connectivity index (χ4n) is 0.505. The molecule has 1 aromatic rings. The second-order valence-corrected chi connectivity index (χ2v) is 3.89. The standard InChI is InChI=1S/C6H6BrNOS/c1-9-8-3-5-2-6(7)10-4-5/h2-4H,1H3/b8-3+. The van der Waals surface area contributed by atoms with Gasteiger partial charge in [-0.3, -0.25) is 0 Å². The SMILES string of the molecule is CO/N=C/c1csc(Br)c1. The number of nitrogens with zero attached hydrogens (tertiary/aromatic N) is 1. The Morgan fingerprint density at radius 3 is 3.10 bits per heavy atom. The monoisotopic (exact) mass is 219 g/mol.